The third kappa shape index (κ3) is 5.28. The van der Waals surface area contributed by atoms with Crippen molar-refractivity contribution >= 4 is 10.0 Å². The first-order valence-corrected chi connectivity index (χ1v) is 7.91. The molecule has 1 atom stereocenters. The van der Waals surface area contributed by atoms with E-state index in [9.17, 15) is 8.42 Å². The fraction of sp³-hybridized carbons (Fsp3) is 0.538. The third-order valence-electron chi connectivity index (χ3n) is 3.16. The number of nitrogens with two attached hydrogens (primary N) is 1. The number of hydrogen-bond donors (Lipinski definition) is 2. The summed E-state index contributed by atoms with van der Waals surface area (Å²) in [5.41, 5.74) is 7.24. The lowest BCUT2D eigenvalue weighted by atomic mass is 10.1. The van der Waals surface area contributed by atoms with E-state index in [0.717, 1.165) is 11.1 Å². The van der Waals surface area contributed by atoms with Gasteiger partial charge in [0.2, 0.25) is 10.0 Å². The van der Waals surface area contributed by atoms with Gasteiger partial charge < -0.3 is 10.6 Å². The van der Waals surface area contributed by atoms with Gasteiger partial charge in [0, 0.05) is 19.1 Å². The molecule has 0 saturated heterocycles. The number of nitrogens with one attached hydrogen (secondary N) is 1. The molecule has 0 fully saturated rings. The van der Waals surface area contributed by atoms with E-state index in [2.05, 4.69) is 4.72 Å². The molecule has 0 aliphatic carbocycles. The molecule has 1 aromatic rings. The van der Waals surface area contributed by atoms with Crippen LogP contribution in [0.5, 0.6) is 0 Å². The average molecular weight is 285 g/mol. The predicted octanol–water partition coefficient (Wildman–Crippen LogP) is 0.515. The second-order valence-electron chi connectivity index (χ2n) is 4.89. The molecule has 6 heteroatoms. The molecular formula is C13H23N3O2S. The Morgan fingerprint density at radius 3 is 2.37 bits per heavy atom. The monoisotopic (exact) mass is 285 g/mol. The minimum atomic E-state index is -3.33. The highest BCUT2D eigenvalue weighted by Crippen LogP contribution is 2.11. The molecule has 1 aromatic carbocycles. The van der Waals surface area contributed by atoms with Crippen LogP contribution < -0.4 is 10.5 Å². The van der Waals surface area contributed by atoms with E-state index in [1.165, 1.54) is 0 Å². The second kappa shape index (κ2) is 7.00. The normalized spacial score (nSPS) is 13.7. The molecule has 0 heterocycles. The highest BCUT2D eigenvalue weighted by Gasteiger charge is 2.15. The quantitative estimate of drug-likeness (QED) is 0.765. The predicted molar refractivity (Wildman–Crippen MR) is 78.1 cm³/mol. The summed E-state index contributed by atoms with van der Waals surface area (Å²) in [4.78, 5) is 1.97. The van der Waals surface area contributed by atoms with Gasteiger partial charge in [-0.2, -0.15) is 0 Å². The Morgan fingerprint density at radius 2 is 1.84 bits per heavy atom. The van der Waals surface area contributed by atoms with Gasteiger partial charge in [-0.25, -0.2) is 13.1 Å². The number of sulfonamides is 1. The molecule has 1 unspecified atom stereocenters. The number of rotatable bonds is 7. The summed E-state index contributed by atoms with van der Waals surface area (Å²) >= 11 is 0. The molecular weight excluding hydrogens is 262 g/mol. The van der Waals surface area contributed by atoms with Crippen LogP contribution in [-0.4, -0.2) is 40.0 Å². The van der Waals surface area contributed by atoms with Gasteiger partial charge in [-0.15, -0.1) is 0 Å². The average Bonchev–Trinajstić information content (AvgIpc) is 2.36. The fourth-order valence-electron chi connectivity index (χ4n) is 1.58. The van der Waals surface area contributed by atoms with Gasteiger partial charge in [-0.3, -0.25) is 0 Å². The van der Waals surface area contributed by atoms with Gasteiger partial charge in [0.05, 0.1) is 5.75 Å². The summed E-state index contributed by atoms with van der Waals surface area (Å²) in [5.74, 6) is -0.0273. The first-order valence-electron chi connectivity index (χ1n) is 6.26. The lowest BCUT2D eigenvalue weighted by Gasteiger charge is -2.20. The Kier molecular flexibility index (Phi) is 5.93. The van der Waals surface area contributed by atoms with Crippen molar-refractivity contribution in [1.29, 1.82) is 0 Å². The summed E-state index contributed by atoms with van der Waals surface area (Å²) in [5, 5.41) is 0. The minimum absolute atomic E-state index is 0.0273. The van der Waals surface area contributed by atoms with E-state index >= 15 is 0 Å². The molecule has 19 heavy (non-hydrogen) atoms. The Bertz CT molecular complexity index is 500. The molecule has 0 aliphatic heterocycles. The number of nitrogens with zero attached hydrogens (tertiary/aromatic N) is 1. The zero-order valence-electron chi connectivity index (χ0n) is 11.8. The van der Waals surface area contributed by atoms with Crippen LogP contribution in [0.15, 0.2) is 24.3 Å². The van der Waals surface area contributed by atoms with Crippen LogP contribution in [0.3, 0.4) is 0 Å². The molecule has 0 radical (unpaired) electrons. The molecule has 3 N–H and O–H groups in total. The summed E-state index contributed by atoms with van der Waals surface area (Å²) in [7, 11) is 0.511. The van der Waals surface area contributed by atoms with E-state index < -0.39 is 10.0 Å². The minimum Gasteiger partial charge on any atom is -0.326 e. The SMILES string of the molecule is CC(CNS(=O)(=O)Cc1ccccc1CN)N(C)C. The Morgan fingerprint density at radius 1 is 1.26 bits per heavy atom. The van der Waals surface area contributed by atoms with Gasteiger partial charge in [0.1, 0.15) is 0 Å². The van der Waals surface area contributed by atoms with Crippen LogP contribution in [0.2, 0.25) is 0 Å². The van der Waals surface area contributed by atoms with Crippen molar-refractivity contribution in [3.8, 4) is 0 Å². The van der Waals surface area contributed by atoms with Crippen molar-refractivity contribution < 1.29 is 8.42 Å². The van der Waals surface area contributed by atoms with Crippen molar-refractivity contribution in [2.45, 2.75) is 25.3 Å². The molecule has 108 valence electrons. The maximum absolute atomic E-state index is 12.0. The van der Waals surface area contributed by atoms with Crippen LogP contribution in [0.25, 0.3) is 0 Å². The maximum atomic E-state index is 12.0. The Balaban J connectivity index is 2.69. The lowest BCUT2D eigenvalue weighted by molar-refractivity contribution is 0.314. The highest BCUT2D eigenvalue weighted by atomic mass is 32.2. The number of hydrogen-bond acceptors (Lipinski definition) is 4. The zero-order chi connectivity index (χ0) is 14.5. The summed E-state index contributed by atoms with van der Waals surface area (Å²) < 4.78 is 26.7. The van der Waals surface area contributed by atoms with Crippen LogP contribution in [0.1, 0.15) is 18.1 Å². The van der Waals surface area contributed by atoms with Crippen LogP contribution in [0.4, 0.5) is 0 Å². The van der Waals surface area contributed by atoms with Crippen molar-refractivity contribution in [2.24, 2.45) is 5.73 Å². The first kappa shape index (κ1) is 16.1. The molecule has 5 nitrogen and oxygen atoms in total. The lowest BCUT2D eigenvalue weighted by Crippen LogP contribution is -2.38. The molecule has 0 spiro atoms. The van der Waals surface area contributed by atoms with E-state index in [4.69, 9.17) is 5.73 Å². The summed E-state index contributed by atoms with van der Waals surface area (Å²) in [6.07, 6.45) is 0. The smallest absolute Gasteiger partial charge is 0.215 e. The van der Waals surface area contributed by atoms with E-state index in [1.807, 2.05) is 44.1 Å². The zero-order valence-corrected chi connectivity index (χ0v) is 12.6. The molecule has 1 rings (SSSR count). The largest absolute Gasteiger partial charge is 0.326 e. The molecule has 0 bridgehead atoms. The third-order valence-corrected chi connectivity index (χ3v) is 4.46. The molecule has 0 amide bonds. The van der Waals surface area contributed by atoms with Crippen molar-refractivity contribution in [2.75, 3.05) is 20.6 Å². The van der Waals surface area contributed by atoms with Gasteiger partial charge in [-0.05, 0) is 32.1 Å². The number of likely N-dealkylation sites (N-methyl/N-ethyl adjacent to an activating group) is 1. The molecule has 0 aliphatic rings. The standard InChI is InChI=1S/C13H23N3O2S/c1-11(16(2)3)9-15-19(17,18)10-13-7-5-4-6-12(13)8-14/h4-7,11,15H,8-10,14H2,1-3H3. The Hall–Kier alpha value is -0.950. The second-order valence-corrected chi connectivity index (χ2v) is 6.70. The van der Waals surface area contributed by atoms with Crippen LogP contribution in [-0.2, 0) is 22.3 Å². The van der Waals surface area contributed by atoms with Gasteiger partial charge in [0.25, 0.3) is 0 Å². The molecule has 0 aromatic heterocycles. The van der Waals surface area contributed by atoms with Crippen LogP contribution >= 0.6 is 0 Å². The molecule has 0 saturated carbocycles. The van der Waals surface area contributed by atoms with Gasteiger partial charge in [-0.1, -0.05) is 24.3 Å². The summed E-state index contributed by atoms with van der Waals surface area (Å²) in [6, 6.07) is 7.50. The van der Waals surface area contributed by atoms with E-state index in [-0.39, 0.29) is 11.8 Å². The van der Waals surface area contributed by atoms with Gasteiger partial charge in [0.15, 0.2) is 0 Å². The number of benzene rings is 1. The van der Waals surface area contributed by atoms with Crippen molar-refractivity contribution in [3.63, 3.8) is 0 Å². The van der Waals surface area contributed by atoms with Crippen LogP contribution in [0, 0.1) is 0 Å². The Labute approximate surface area is 115 Å². The van der Waals surface area contributed by atoms with Gasteiger partial charge >= 0.3 is 0 Å². The van der Waals surface area contributed by atoms with Crippen molar-refractivity contribution in [3.05, 3.63) is 35.4 Å². The topological polar surface area (TPSA) is 75.4 Å². The van der Waals surface area contributed by atoms with E-state index in [0.29, 0.717) is 13.1 Å². The maximum Gasteiger partial charge on any atom is 0.215 e. The summed E-state index contributed by atoms with van der Waals surface area (Å²) in [6.45, 7) is 2.72. The van der Waals surface area contributed by atoms with E-state index in [1.54, 1.807) is 6.07 Å². The first-order chi connectivity index (χ1) is 8.85. The fourth-order valence-corrected chi connectivity index (χ4v) is 2.87. The highest BCUT2D eigenvalue weighted by molar-refractivity contribution is 7.88. The van der Waals surface area contributed by atoms with Crippen molar-refractivity contribution in [1.82, 2.24) is 9.62 Å².